The lowest BCUT2D eigenvalue weighted by molar-refractivity contribution is 1.21. The molecule has 4 aromatic carbocycles. The number of rotatable bonds is 3. The van der Waals surface area contributed by atoms with E-state index in [1.807, 2.05) is 6.07 Å². The van der Waals surface area contributed by atoms with Crippen LogP contribution < -0.4 is 0 Å². The van der Waals surface area contributed by atoms with Crippen molar-refractivity contribution >= 4 is 10.8 Å². The van der Waals surface area contributed by atoms with Gasteiger partial charge in [0.25, 0.3) is 0 Å². The first-order valence-corrected chi connectivity index (χ1v) is 9.92. The van der Waals surface area contributed by atoms with E-state index in [2.05, 4.69) is 110 Å². The highest BCUT2D eigenvalue weighted by Gasteiger charge is 2.17. The van der Waals surface area contributed by atoms with Gasteiger partial charge in [-0.2, -0.15) is 0 Å². The topological polar surface area (TPSA) is 12.9 Å². The van der Waals surface area contributed by atoms with Crippen molar-refractivity contribution < 1.29 is 0 Å². The van der Waals surface area contributed by atoms with E-state index in [-0.39, 0.29) is 0 Å². The fraction of sp³-hybridized carbons (Fsp3) is 0.0357. The van der Waals surface area contributed by atoms with E-state index in [1.54, 1.807) is 0 Å². The third kappa shape index (κ3) is 3.21. The predicted molar refractivity (Wildman–Crippen MR) is 123 cm³/mol. The van der Waals surface area contributed by atoms with Gasteiger partial charge in [-0.25, -0.2) is 0 Å². The van der Waals surface area contributed by atoms with Gasteiger partial charge in [-0.3, -0.25) is 4.98 Å². The van der Waals surface area contributed by atoms with Crippen molar-refractivity contribution in [3.8, 4) is 33.5 Å². The molecule has 0 radical (unpaired) electrons. The Kier molecular flexibility index (Phi) is 4.42. The van der Waals surface area contributed by atoms with E-state index < -0.39 is 0 Å². The van der Waals surface area contributed by atoms with Crippen LogP contribution in [0.5, 0.6) is 0 Å². The maximum Gasteiger partial charge on any atom is 0.0789 e. The number of benzene rings is 4. The number of hydrogen-bond acceptors (Lipinski definition) is 1. The van der Waals surface area contributed by atoms with Gasteiger partial charge in [0.05, 0.1) is 5.69 Å². The second-order valence-electron chi connectivity index (χ2n) is 7.29. The molecular weight excluding hydrogens is 350 g/mol. The second kappa shape index (κ2) is 7.37. The molecular formula is C28H21N. The second-order valence-corrected chi connectivity index (χ2v) is 7.29. The Balaban J connectivity index is 1.90. The average molecular weight is 371 g/mol. The molecule has 0 aliphatic heterocycles. The number of fused-ring (bicyclic) bond motifs is 1. The fourth-order valence-corrected chi connectivity index (χ4v) is 4.05. The van der Waals surface area contributed by atoms with Gasteiger partial charge >= 0.3 is 0 Å². The van der Waals surface area contributed by atoms with E-state index in [1.165, 1.54) is 33.0 Å². The van der Waals surface area contributed by atoms with E-state index in [0.717, 1.165) is 17.0 Å². The van der Waals surface area contributed by atoms with Crippen molar-refractivity contribution in [1.29, 1.82) is 0 Å². The Hall–Kier alpha value is -3.71. The molecule has 0 spiro atoms. The van der Waals surface area contributed by atoms with E-state index in [0.29, 0.717) is 0 Å². The molecule has 138 valence electrons. The Labute approximate surface area is 171 Å². The summed E-state index contributed by atoms with van der Waals surface area (Å²) in [6, 6.07) is 38.4. The molecule has 1 heterocycles. The Morgan fingerprint density at radius 2 is 1.17 bits per heavy atom. The van der Waals surface area contributed by atoms with Crippen LogP contribution in [0.4, 0.5) is 0 Å². The minimum Gasteiger partial charge on any atom is -0.252 e. The summed E-state index contributed by atoms with van der Waals surface area (Å²) in [6.07, 6.45) is 0. The van der Waals surface area contributed by atoms with E-state index in [4.69, 9.17) is 4.98 Å². The molecule has 0 fully saturated rings. The molecule has 0 aliphatic rings. The van der Waals surface area contributed by atoms with Crippen LogP contribution in [-0.4, -0.2) is 4.98 Å². The number of aryl methyl sites for hydroxylation is 1. The van der Waals surface area contributed by atoms with Gasteiger partial charge in [-0.15, -0.1) is 0 Å². The van der Waals surface area contributed by atoms with Crippen molar-refractivity contribution in [3.05, 3.63) is 115 Å². The Bertz CT molecular complexity index is 1280. The summed E-state index contributed by atoms with van der Waals surface area (Å²) in [6.45, 7) is 2.08. The molecule has 0 N–H and O–H groups in total. The summed E-state index contributed by atoms with van der Waals surface area (Å²) in [7, 11) is 0. The fourth-order valence-electron chi connectivity index (χ4n) is 4.05. The predicted octanol–water partition coefficient (Wildman–Crippen LogP) is 7.54. The zero-order valence-electron chi connectivity index (χ0n) is 16.3. The van der Waals surface area contributed by atoms with Gasteiger partial charge in [0.2, 0.25) is 0 Å². The van der Waals surface area contributed by atoms with Crippen LogP contribution in [0.25, 0.3) is 44.3 Å². The summed E-state index contributed by atoms with van der Waals surface area (Å²) in [5.74, 6) is 0. The molecule has 29 heavy (non-hydrogen) atoms. The standard InChI is InChI=1S/C28H21N/c1-20-19-26(25-18-10-16-21-11-8-9-17-24(21)25)27(22-12-4-2-5-13-22)28(29-20)23-14-6-3-7-15-23/h2-19H,1H3. The molecule has 0 bridgehead atoms. The summed E-state index contributed by atoms with van der Waals surface area (Å²) in [5, 5.41) is 2.51. The van der Waals surface area contributed by atoms with Crippen LogP contribution in [0, 0.1) is 6.92 Å². The summed E-state index contributed by atoms with van der Waals surface area (Å²) < 4.78 is 0. The molecule has 0 amide bonds. The Morgan fingerprint density at radius 3 is 1.93 bits per heavy atom. The summed E-state index contributed by atoms with van der Waals surface area (Å²) in [4.78, 5) is 4.99. The molecule has 0 aliphatic carbocycles. The van der Waals surface area contributed by atoms with Gasteiger partial charge in [0.1, 0.15) is 0 Å². The van der Waals surface area contributed by atoms with Crippen LogP contribution in [0.2, 0.25) is 0 Å². The molecule has 0 saturated heterocycles. The maximum atomic E-state index is 4.99. The van der Waals surface area contributed by atoms with E-state index in [9.17, 15) is 0 Å². The molecule has 0 atom stereocenters. The molecule has 5 aromatic rings. The average Bonchev–Trinajstić information content (AvgIpc) is 2.79. The third-order valence-corrected chi connectivity index (χ3v) is 5.34. The van der Waals surface area contributed by atoms with Crippen LogP contribution in [0.1, 0.15) is 5.69 Å². The molecule has 5 rings (SSSR count). The molecule has 1 nitrogen and oxygen atoms in total. The molecule has 0 saturated carbocycles. The van der Waals surface area contributed by atoms with Crippen LogP contribution in [0.3, 0.4) is 0 Å². The minimum atomic E-state index is 1.02. The largest absolute Gasteiger partial charge is 0.252 e. The highest BCUT2D eigenvalue weighted by Crippen LogP contribution is 2.41. The monoisotopic (exact) mass is 371 g/mol. The first-order chi connectivity index (χ1) is 14.3. The summed E-state index contributed by atoms with van der Waals surface area (Å²) in [5.41, 5.74) is 8.01. The first kappa shape index (κ1) is 17.4. The zero-order valence-corrected chi connectivity index (χ0v) is 16.3. The van der Waals surface area contributed by atoms with E-state index >= 15 is 0 Å². The normalized spacial score (nSPS) is 10.9. The molecule has 1 heteroatoms. The van der Waals surface area contributed by atoms with Crippen LogP contribution in [-0.2, 0) is 0 Å². The van der Waals surface area contributed by atoms with Crippen molar-refractivity contribution in [2.75, 3.05) is 0 Å². The van der Waals surface area contributed by atoms with Gasteiger partial charge < -0.3 is 0 Å². The summed E-state index contributed by atoms with van der Waals surface area (Å²) >= 11 is 0. The lowest BCUT2D eigenvalue weighted by atomic mass is 9.88. The highest BCUT2D eigenvalue weighted by atomic mass is 14.7. The van der Waals surface area contributed by atoms with Crippen molar-refractivity contribution in [3.63, 3.8) is 0 Å². The number of nitrogens with zero attached hydrogens (tertiary/aromatic N) is 1. The van der Waals surface area contributed by atoms with Gasteiger partial charge in [0.15, 0.2) is 0 Å². The maximum absolute atomic E-state index is 4.99. The third-order valence-electron chi connectivity index (χ3n) is 5.34. The smallest absolute Gasteiger partial charge is 0.0789 e. The molecule has 0 unspecified atom stereocenters. The zero-order chi connectivity index (χ0) is 19.6. The minimum absolute atomic E-state index is 1.02. The van der Waals surface area contributed by atoms with Crippen molar-refractivity contribution in [1.82, 2.24) is 4.98 Å². The van der Waals surface area contributed by atoms with Gasteiger partial charge in [0, 0.05) is 16.8 Å². The lowest BCUT2D eigenvalue weighted by Gasteiger charge is -2.18. The first-order valence-electron chi connectivity index (χ1n) is 9.92. The number of hydrogen-bond donors (Lipinski definition) is 0. The van der Waals surface area contributed by atoms with Crippen LogP contribution in [0.15, 0.2) is 109 Å². The van der Waals surface area contributed by atoms with Crippen LogP contribution >= 0.6 is 0 Å². The highest BCUT2D eigenvalue weighted by molar-refractivity contribution is 6.03. The number of pyridine rings is 1. The van der Waals surface area contributed by atoms with Gasteiger partial charge in [-0.1, -0.05) is 103 Å². The lowest BCUT2D eigenvalue weighted by Crippen LogP contribution is -1.96. The number of aromatic nitrogens is 1. The Morgan fingerprint density at radius 1 is 0.552 bits per heavy atom. The molecule has 1 aromatic heterocycles. The van der Waals surface area contributed by atoms with Crippen molar-refractivity contribution in [2.24, 2.45) is 0 Å². The quantitative estimate of drug-likeness (QED) is 0.319. The van der Waals surface area contributed by atoms with Crippen molar-refractivity contribution in [2.45, 2.75) is 6.92 Å². The van der Waals surface area contributed by atoms with Gasteiger partial charge in [-0.05, 0) is 40.5 Å². The SMILES string of the molecule is Cc1cc(-c2cccc3ccccc23)c(-c2ccccc2)c(-c2ccccc2)n1.